The summed E-state index contributed by atoms with van der Waals surface area (Å²) in [5.74, 6) is -0.375. The standard InChI is InChI=1S/C11H12FNO2/c1-8-11(14)13(6-7-15-8)10-4-2-9(12)3-5-10/h2-5,8H,6-7H2,1H3. The van der Waals surface area contributed by atoms with Crippen LogP contribution < -0.4 is 4.90 Å². The quantitative estimate of drug-likeness (QED) is 0.702. The maximum Gasteiger partial charge on any atom is 0.255 e. The molecule has 0 spiro atoms. The number of benzene rings is 1. The zero-order valence-electron chi connectivity index (χ0n) is 8.44. The average Bonchev–Trinajstić information content (AvgIpc) is 2.24. The normalized spacial score (nSPS) is 21.9. The molecule has 1 aromatic carbocycles. The summed E-state index contributed by atoms with van der Waals surface area (Å²) < 4.78 is 17.9. The molecular formula is C11H12FNO2. The Balaban J connectivity index is 2.22. The van der Waals surface area contributed by atoms with Gasteiger partial charge in [-0.1, -0.05) is 0 Å². The first-order valence-corrected chi connectivity index (χ1v) is 4.87. The van der Waals surface area contributed by atoms with E-state index in [2.05, 4.69) is 0 Å². The second kappa shape index (κ2) is 3.98. The fourth-order valence-corrected chi connectivity index (χ4v) is 1.60. The highest BCUT2D eigenvalue weighted by atomic mass is 19.1. The van der Waals surface area contributed by atoms with Gasteiger partial charge in [-0.3, -0.25) is 4.79 Å². The van der Waals surface area contributed by atoms with E-state index in [4.69, 9.17) is 4.74 Å². The molecule has 4 heteroatoms. The minimum atomic E-state index is -0.413. The van der Waals surface area contributed by atoms with Gasteiger partial charge in [0.25, 0.3) is 5.91 Å². The lowest BCUT2D eigenvalue weighted by Gasteiger charge is -2.30. The fraction of sp³-hybridized carbons (Fsp3) is 0.364. The topological polar surface area (TPSA) is 29.5 Å². The highest BCUT2D eigenvalue weighted by molar-refractivity contribution is 5.96. The van der Waals surface area contributed by atoms with E-state index in [0.717, 1.165) is 5.69 Å². The van der Waals surface area contributed by atoms with Crippen molar-refractivity contribution in [2.45, 2.75) is 13.0 Å². The number of rotatable bonds is 1. The maximum absolute atomic E-state index is 12.7. The molecule has 1 unspecified atom stereocenters. The summed E-state index contributed by atoms with van der Waals surface area (Å²) in [6, 6.07) is 5.90. The third kappa shape index (κ3) is 1.99. The van der Waals surface area contributed by atoms with E-state index in [1.807, 2.05) is 0 Å². The van der Waals surface area contributed by atoms with E-state index in [-0.39, 0.29) is 11.7 Å². The van der Waals surface area contributed by atoms with Gasteiger partial charge in [-0.05, 0) is 31.2 Å². The zero-order chi connectivity index (χ0) is 10.8. The Morgan fingerprint density at radius 3 is 2.73 bits per heavy atom. The lowest BCUT2D eigenvalue weighted by molar-refractivity contribution is -0.132. The van der Waals surface area contributed by atoms with Crippen molar-refractivity contribution in [2.75, 3.05) is 18.1 Å². The predicted octanol–water partition coefficient (Wildman–Crippen LogP) is 1.58. The van der Waals surface area contributed by atoms with Crippen molar-refractivity contribution in [2.24, 2.45) is 0 Å². The van der Waals surface area contributed by atoms with E-state index in [1.165, 1.54) is 12.1 Å². The molecule has 1 aliphatic heterocycles. The lowest BCUT2D eigenvalue weighted by Crippen LogP contribution is -2.46. The van der Waals surface area contributed by atoms with Gasteiger partial charge in [-0.2, -0.15) is 0 Å². The summed E-state index contributed by atoms with van der Waals surface area (Å²) in [4.78, 5) is 13.3. The van der Waals surface area contributed by atoms with Gasteiger partial charge in [0.1, 0.15) is 11.9 Å². The van der Waals surface area contributed by atoms with Crippen LogP contribution in [0.4, 0.5) is 10.1 Å². The molecule has 0 aliphatic carbocycles. The van der Waals surface area contributed by atoms with E-state index >= 15 is 0 Å². The van der Waals surface area contributed by atoms with Crippen molar-refractivity contribution in [3.8, 4) is 0 Å². The summed E-state index contributed by atoms with van der Waals surface area (Å²) in [7, 11) is 0. The minimum absolute atomic E-state index is 0.0761. The molecular weight excluding hydrogens is 197 g/mol. The molecule has 80 valence electrons. The first-order chi connectivity index (χ1) is 7.18. The predicted molar refractivity (Wildman–Crippen MR) is 54.2 cm³/mol. The number of hydrogen-bond donors (Lipinski definition) is 0. The molecule has 0 aromatic heterocycles. The molecule has 15 heavy (non-hydrogen) atoms. The van der Waals surface area contributed by atoms with Gasteiger partial charge < -0.3 is 9.64 Å². The SMILES string of the molecule is CC1OCCN(c2ccc(F)cc2)C1=O. The van der Waals surface area contributed by atoms with E-state index in [1.54, 1.807) is 24.0 Å². The number of nitrogens with zero attached hydrogens (tertiary/aromatic N) is 1. The first-order valence-electron chi connectivity index (χ1n) is 4.87. The smallest absolute Gasteiger partial charge is 0.255 e. The van der Waals surface area contributed by atoms with Crippen molar-refractivity contribution >= 4 is 11.6 Å². The van der Waals surface area contributed by atoms with E-state index < -0.39 is 6.10 Å². The molecule has 1 aliphatic rings. The Hall–Kier alpha value is -1.42. The Kier molecular flexibility index (Phi) is 2.68. The number of hydrogen-bond acceptors (Lipinski definition) is 2. The van der Waals surface area contributed by atoms with Gasteiger partial charge in [0.15, 0.2) is 0 Å². The number of anilines is 1. The third-order valence-electron chi connectivity index (χ3n) is 2.43. The summed E-state index contributed by atoms with van der Waals surface area (Å²) in [6.45, 7) is 2.76. The summed E-state index contributed by atoms with van der Waals surface area (Å²) in [5.41, 5.74) is 0.719. The minimum Gasteiger partial charge on any atom is -0.367 e. The summed E-state index contributed by atoms with van der Waals surface area (Å²) in [5, 5.41) is 0. The van der Waals surface area contributed by atoms with Crippen molar-refractivity contribution in [1.82, 2.24) is 0 Å². The monoisotopic (exact) mass is 209 g/mol. The second-order valence-electron chi connectivity index (χ2n) is 3.48. The van der Waals surface area contributed by atoms with Crippen molar-refractivity contribution in [3.05, 3.63) is 30.1 Å². The van der Waals surface area contributed by atoms with Crippen LogP contribution in [0.3, 0.4) is 0 Å². The molecule has 2 rings (SSSR count). The number of halogens is 1. The third-order valence-corrected chi connectivity index (χ3v) is 2.43. The Bertz CT molecular complexity index is 363. The van der Waals surface area contributed by atoms with E-state index in [0.29, 0.717) is 13.2 Å². The lowest BCUT2D eigenvalue weighted by atomic mass is 10.2. The maximum atomic E-state index is 12.7. The molecule has 0 N–H and O–H groups in total. The van der Waals surface area contributed by atoms with Gasteiger partial charge in [0, 0.05) is 12.2 Å². The van der Waals surface area contributed by atoms with Crippen LogP contribution in [0.25, 0.3) is 0 Å². The summed E-state index contributed by atoms with van der Waals surface area (Å²) >= 11 is 0. The van der Waals surface area contributed by atoms with Gasteiger partial charge in [0.05, 0.1) is 6.61 Å². The molecule has 0 saturated carbocycles. The van der Waals surface area contributed by atoms with Crippen molar-refractivity contribution in [1.29, 1.82) is 0 Å². The van der Waals surface area contributed by atoms with Crippen LogP contribution in [-0.4, -0.2) is 25.2 Å². The molecule has 1 atom stereocenters. The van der Waals surface area contributed by atoms with Crippen LogP contribution in [0, 0.1) is 5.82 Å². The van der Waals surface area contributed by atoms with Gasteiger partial charge in [0.2, 0.25) is 0 Å². The van der Waals surface area contributed by atoms with Crippen LogP contribution in [0.1, 0.15) is 6.92 Å². The summed E-state index contributed by atoms with van der Waals surface area (Å²) in [6.07, 6.45) is -0.413. The Labute approximate surface area is 87.5 Å². The number of ether oxygens (including phenoxy) is 1. The fourth-order valence-electron chi connectivity index (χ4n) is 1.60. The van der Waals surface area contributed by atoms with Crippen LogP contribution in [0.5, 0.6) is 0 Å². The molecule has 3 nitrogen and oxygen atoms in total. The molecule has 1 aromatic rings. The van der Waals surface area contributed by atoms with Gasteiger partial charge in [-0.15, -0.1) is 0 Å². The number of morpholine rings is 1. The Morgan fingerprint density at radius 1 is 1.40 bits per heavy atom. The van der Waals surface area contributed by atoms with Crippen LogP contribution in [0.15, 0.2) is 24.3 Å². The highest BCUT2D eigenvalue weighted by Gasteiger charge is 2.26. The molecule has 0 bridgehead atoms. The molecule has 1 amide bonds. The van der Waals surface area contributed by atoms with Crippen molar-refractivity contribution in [3.63, 3.8) is 0 Å². The molecule has 0 radical (unpaired) electrons. The van der Waals surface area contributed by atoms with E-state index in [9.17, 15) is 9.18 Å². The van der Waals surface area contributed by atoms with Crippen molar-refractivity contribution < 1.29 is 13.9 Å². The largest absolute Gasteiger partial charge is 0.367 e. The van der Waals surface area contributed by atoms with Crippen LogP contribution in [0.2, 0.25) is 0 Å². The Morgan fingerprint density at radius 2 is 2.07 bits per heavy atom. The first kappa shape index (κ1) is 10.1. The number of carbonyl (C=O) groups excluding carboxylic acids is 1. The zero-order valence-corrected chi connectivity index (χ0v) is 8.44. The van der Waals surface area contributed by atoms with Gasteiger partial charge in [-0.25, -0.2) is 4.39 Å². The second-order valence-corrected chi connectivity index (χ2v) is 3.48. The number of carbonyl (C=O) groups is 1. The average molecular weight is 209 g/mol. The molecule has 1 fully saturated rings. The van der Waals surface area contributed by atoms with Crippen LogP contribution >= 0.6 is 0 Å². The molecule has 1 saturated heterocycles. The van der Waals surface area contributed by atoms with Crippen LogP contribution in [-0.2, 0) is 9.53 Å². The highest BCUT2D eigenvalue weighted by Crippen LogP contribution is 2.18. The van der Waals surface area contributed by atoms with Gasteiger partial charge >= 0.3 is 0 Å². The molecule has 1 heterocycles. The number of amides is 1.